The van der Waals surface area contributed by atoms with Crippen molar-refractivity contribution in [2.24, 2.45) is 11.3 Å². The molecule has 0 saturated heterocycles. The van der Waals surface area contributed by atoms with Crippen LogP contribution in [0.5, 0.6) is 0 Å². The lowest BCUT2D eigenvalue weighted by Crippen LogP contribution is -2.28. The molecule has 86 valence electrons. The molecule has 0 spiro atoms. The zero-order valence-corrected chi connectivity index (χ0v) is 9.94. The molecule has 0 N–H and O–H groups in total. The first-order valence-corrected chi connectivity index (χ1v) is 5.70. The lowest BCUT2D eigenvalue weighted by atomic mass is 9.75. The van der Waals surface area contributed by atoms with Gasteiger partial charge in [-0.25, -0.2) is 0 Å². The van der Waals surface area contributed by atoms with E-state index in [-0.39, 0.29) is 0 Å². The first kappa shape index (κ1) is 13.4. The molecule has 0 radical (unpaired) electrons. The van der Waals surface area contributed by atoms with Crippen LogP contribution in [0.1, 0.15) is 16.1 Å². The first-order valence-electron chi connectivity index (χ1n) is 4.82. The molecular formula is C12H6N4OS. The van der Waals surface area contributed by atoms with E-state index in [0.717, 1.165) is 0 Å². The minimum Gasteiger partial charge on any atom is -0.293 e. The summed E-state index contributed by atoms with van der Waals surface area (Å²) in [6, 6.07) is 9.70. The Labute approximate surface area is 108 Å². The van der Waals surface area contributed by atoms with Gasteiger partial charge in [0.25, 0.3) is 0 Å². The van der Waals surface area contributed by atoms with Gasteiger partial charge in [-0.15, -0.1) is 11.3 Å². The van der Waals surface area contributed by atoms with Crippen molar-refractivity contribution in [2.75, 3.05) is 0 Å². The predicted molar refractivity (Wildman–Crippen MR) is 61.6 cm³/mol. The van der Waals surface area contributed by atoms with E-state index in [1.54, 1.807) is 41.8 Å². The number of thiophene rings is 1. The summed E-state index contributed by atoms with van der Waals surface area (Å²) < 4.78 is 0. The molecule has 0 aliphatic rings. The zero-order valence-electron chi connectivity index (χ0n) is 9.12. The second-order valence-electron chi connectivity index (χ2n) is 3.46. The summed E-state index contributed by atoms with van der Waals surface area (Å²) in [7, 11) is 0. The minimum absolute atomic E-state index is 0.402. The summed E-state index contributed by atoms with van der Waals surface area (Å²) >= 11 is 1.19. The molecule has 0 aromatic carbocycles. The van der Waals surface area contributed by atoms with Gasteiger partial charge in [0, 0.05) is 6.42 Å². The number of rotatable bonds is 4. The van der Waals surface area contributed by atoms with Crippen LogP contribution in [-0.2, 0) is 0 Å². The third-order valence-electron chi connectivity index (χ3n) is 2.39. The van der Waals surface area contributed by atoms with Gasteiger partial charge in [0.2, 0.25) is 0 Å². The SMILES string of the molecule is N#CC(C#N)C(C#N)(C#N)CC(=O)c1cccs1. The van der Waals surface area contributed by atoms with Gasteiger partial charge in [0.1, 0.15) is 0 Å². The van der Waals surface area contributed by atoms with Crippen molar-refractivity contribution >= 4 is 17.1 Å². The van der Waals surface area contributed by atoms with Crippen LogP contribution in [0.25, 0.3) is 0 Å². The number of nitriles is 4. The smallest absolute Gasteiger partial charge is 0.179 e. The lowest BCUT2D eigenvalue weighted by Gasteiger charge is -2.17. The Bertz CT molecular complexity index is 578. The van der Waals surface area contributed by atoms with E-state index in [4.69, 9.17) is 21.0 Å². The molecule has 18 heavy (non-hydrogen) atoms. The highest BCUT2D eigenvalue weighted by Gasteiger charge is 2.43. The standard InChI is InChI=1S/C12H6N4OS/c13-5-9(6-14)12(7-15,8-16)4-10(17)11-2-1-3-18-11/h1-3,9H,4H2. The van der Waals surface area contributed by atoms with E-state index in [2.05, 4.69) is 0 Å². The Balaban J connectivity index is 3.08. The van der Waals surface area contributed by atoms with Crippen molar-refractivity contribution in [3.05, 3.63) is 22.4 Å². The van der Waals surface area contributed by atoms with E-state index < -0.39 is 23.5 Å². The highest BCUT2D eigenvalue weighted by atomic mass is 32.1. The van der Waals surface area contributed by atoms with Crippen LogP contribution in [0.4, 0.5) is 0 Å². The van der Waals surface area contributed by atoms with Crippen LogP contribution in [0, 0.1) is 56.7 Å². The summed E-state index contributed by atoms with van der Waals surface area (Å²) in [6.45, 7) is 0. The van der Waals surface area contributed by atoms with Crippen LogP contribution < -0.4 is 0 Å². The first-order chi connectivity index (χ1) is 8.63. The molecular weight excluding hydrogens is 248 g/mol. The van der Waals surface area contributed by atoms with Crippen molar-refractivity contribution in [3.63, 3.8) is 0 Å². The summed E-state index contributed by atoms with van der Waals surface area (Å²) in [6.07, 6.45) is -0.452. The van der Waals surface area contributed by atoms with Crippen molar-refractivity contribution in [2.45, 2.75) is 6.42 Å². The molecule has 1 aromatic heterocycles. The molecule has 0 aliphatic heterocycles. The Morgan fingerprint density at radius 2 is 1.89 bits per heavy atom. The number of hydrogen-bond donors (Lipinski definition) is 0. The average molecular weight is 254 g/mol. The summed E-state index contributed by atoms with van der Waals surface area (Å²) in [4.78, 5) is 12.3. The van der Waals surface area contributed by atoms with Gasteiger partial charge in [-0.1, -0.05) is 6.07 Å². The van der Waals surface area contributed by atoms with Gasteiger partial charge >= 0.3 is 0 Å². The maximum atomic E-state index is 11.9. The largest absolute Gasteiger partial charge is 0.293 e. The number of hydrogen-bond acceptors (Lipinski definition) is 6. The Kier molecular flexibility index (Phi) is 4.16. The number of ketones is 1. The fourth-order valence-electron chi connectivity index (χ4n) is 1.36. The monoisotopic (exact) mass is 254 g/mol. The van der Waals surface area contributed by atoms with E-state index in [0.29, 0.717) is 4.88 Å². The van der Waals surface area contributed by atoms with Gasteiger partial charge in [0.05, 0.1) is 29.2 Å². The van der Waals surface area contributed by atoms with Crippen molar-refractivity contribution in [3.8, 4) is 24.3 Å². The van der Waals surface area contributed by atoms with E-state index in [1.165, 1.54) is 11.3 Å². The summed E-state index contributed by atoms with van der Waals surface area (Å²) in [5, 5.41) is 37.3. The van der Waals surface area contributed by atoms with E-state index in [9.17, 15) is 4.79 Å². The molecule has 6 heteroatoms. The molecule has 1 rings (SSSR count). The van der Waals surface area contributed by atoms with Crippen LogP contribution in [0.2, 0.25) is 0 Å². The fourth-order valence-corrected chi connectivity index (χ4v) is 2.03. The van der Waals surface area contributed by atoms with Crippen LogP contribution in [0.15, 0.2) is 17.5 Å². The minimum atomic E-state index is -1.91. The van der Waals surface area contributed by atoms with Crippen LogP contribution in [-0.4, -0.2) is 5.78 Å². The van der Waals surface area contributed by atoms with E-state index >= 15 is 0 Å². The van der Waals surface area contributed by atoms with Gasteiger partial charge in [0.15, 0.2) is 17.1 Å². The second-order valence-corrected chi connectivity index (χ2v) is 4.41. The maximum Gasteiger partial charge on any atom is 0.179 e. The van der Waals surface area contributed by atoms with Gasteiger partial charge in [-0.3, -0.25) is 4.79 Å². The highest BCUT2D eigenvalue weighted by molar-refractivity contribution is 7.12. The molecule has 0 saturated carbocycles. The molecule has 0 fully saturated rings. The predicted octanol–water partition coefficient (Wildman–Crippen LogP) is 2.02. The molecule has 5 nitrogen and oxygen atoms in total. The summed E-state index contributed by atoms with van der Waals surface area (Å²) in [5.41, 5.74) is -1.91. The van der Waals surface area contributed by atoms with E-state index in [1.807, 2.05) is 0 Å². The normalized spacial score (nSPS) is 9.83. The fraction of sp³-hybridized carbons (Fsp3) is 0.250. The topological polar surface area (TPSA) is 112 Å². The van der Waals surface area contributed by atoms with Crippen LogP contribution >= 0.6 is 11.3 Å². The third kappa shape index (κ3) is 2.36. The second kappa shape index (κ2) is 5.60. The summed E-state index contributed by atoms with van der Waals surface area (Å²) in [5.74, 6) is -1.86. The number of carbonyl (C=O) groups excluding carboxylic acids is 1. The van der Waals surface area contributed by atoms with Crippen molar-refractivity contribution in [1.82, 2.24) is 0 Å². The molecule has 0 aliphatic carbocycles. The lowest BCUT2D eigenvalue weighted by molar-refractivity contribution is 0.0955. The van der Waals surface area contributed by atoms with Gasteiger partial charge < -0.3 is 0 Å². The quantitative estimate of drug-likeness (QED) is 0.762. The highest BCUT2D eigenvalue weighted by Crippen LogP contribution is 2.32. The molecule has 1 heterocycles. The zero-order chi connectivity index (χ0) is 13.6. The van der Waals surface area contributed by atoms with Gasteiger partial charge in [-0.05, 0) is 11.4 Å². The Morgan fingerprint density at radius 3 is 2.28 bits per heavy atom. The Morgan fingerprint density at radius 1 is 1.28 bits per heavy atom. The van der Waals surface area contributed by atoms with Crippen molar-refractivity contribution < 1.29 is 4.79 Å². The molecule has 0 atom stereocenters. The van der Waals surface area contributed by atoms with Crippen LogP contribution in [0.3, 0.4) is 0 Å². The number of carbonyl (C=O) groups is 1. The average Bonchev–Trinajstić information content (AvgIpc) is 2.92. The number of nitrogens with zero attached hydrogens (tertiary/aromatic N) is 4. The molecule has 1 aromatic rings. The maximum absolute atomic E-state index is 11.9. The van der Waals surface area contributed by atoms with Crippen molar-refractivity contribution in [1.29, 1.82) is 21.0 Å². The Hall–Kier alpha value is -2.67. The molecule has 0 unspecified atom stereocenters. The third-order valence-corrected chi connectivity index (χ3v) is 3.30. The molecule has 0 amide bonds. The molecule has 0 bridgehead atoms. The number of Topliss-reactive ketones (excluding diaryl/α,β-unsaturated/α-hetero) is 1. The van der Waals surface area contributed by atoms with Gasteiger partial charge in [-0.2, -0.15) is 21.0 Å².